The number of hydrogen-bond donors (Lipinski definition) is 1. The Bertz CT molecular complexity index is 548. The van der Waals surface area contributed by atoms with Crippen LogP contribution >= 0.6 is 27.3 Å². The van der Waals surface area contributed by atoms with Crippen molar-refractivity contribution in [3.05, 3.63) is 44.8 Å². The standard InChI is InChI=1S/C15H20BrN3OS/c1-19(9-14-10-21-11-18-14)15-7-13(16)4-3-12(15)8-17-5-6-20-2/h3-4,7,10-11,17H,5-6,8-9H2,1-2H3. The summed E-state index contributed by atoms with van der Waals surface area (Å²) in [7, 11) is 3.81. The molecule has 0 aliphatic heterocycles. The molecule has 2 rings (SSSR count). The van der Waals surface area contributed by atoms with Crippen LogP contribution < -0.4 is 10.2 Å². The molecule has 0 bridgehead atoms. The molecule has 0 unspecified atom stereocenters. The Morgan fingerprint density at radius 1 is 1.43 bits per heavy atom. The molecule has 2 aromatic rings. The molecular formula is C15H20BrN3OS. The predicted molar refractivity (Wildman–Crippen MR) is 91.9 cm³/mol. The molecule has 0 spiro atoms. The molecule has 114 valence electrons. The molecule has 6 heteroatoms. The van der Waals surface area contributed by atoms with Crippen LogP contribution in [-0.4, -0.2) is 32.3 Å². The number of ether oxygens (including phenoxy) is 1. The quantitative estimate of drug-likeness (QED) is 0.724. The lowest BCUT2D eigenvalue weighted by molar-refractivity contribution is 0.199. The van der Waals surface area contributed by atoms with Crippen LogP contribution in [0.1, 0.15) is 11.3 Å². The van der Waals surface area contributed by atoms with E-state index >= 15 is 0 Å². The highest BCUT2D eigenvalue weighted by Crippen LogP contribution is 2.25. The van der Waals surface area contributed by atoms with Gasteiger partial charge in [-0.3, -0.25) is 0 Å². The zero-order chi connectivity index (χ0) is 15.1. The topological polar surface area (TPSA) is 37.4 Å². The first-order valence-electron chi connectivity index (χ1n) is 6.77. The summed E-state index contributed by atoms with van der Waals surface area (Å²) in [4.78, 5) is 6.58. The third-order valence-electron chi connectivity index (χ3n) is 3.14. The molecular weight excluding hydrogens is 350 g/mol. The zero-order valence-electron chi connectivity index (χ0n) is 12.3. The fourth-order valence-electron chi connectivity index (χ4n) is 2.08. The Balaban J connectivity index is 2.06. The Kier molecular flexibility index (Phi) is 6.63. The molecule has 1 N–H and O–H groups in total. The van der Waals surface area contributed by atoms with Gasteiger partial charge < -0.3 is 15.0 Å². The SMILES string of the molecule is COCCNCc1ccc(Br)cc1N(C)Cc1cscn1. The number of methoxy groups -OCH3 is 1. The smallest absolute Gasteiger partial charge is 0.0795 e. The van der Waals surface area contributed by atoms with E-state index in [-0.39, 0.29) is 0 Å². The van der Waals surface area contributed by atoms with Gasteiger partial charge in [-0.1, -0.05) is 22.0 Å². The predicted octanol–water partition coefficient (Wildman–Crippen LogP) is 3.28. The number of anilines is 1. The van der Waals surface area contributed by atoms with Crippen LogP contribution in [0.4, 0.5) is 5.69 Å². The molecule has 0 radical (unpaired) electrons. The van der Waals surface area contributed by atoms with Gasteiger partial charge in [0.25, 0.3) is 0 Å². The number of rotatable bonds is 8. The Hall–Kier alpha value is -0.950. The summed E-state index contributed by atoms with van der Waals surface area (Å²) in [6, 6.07) is 6.38. The van der Waals surface area contributed by atoms with Gasteiger partial charge in [-0.2, -0.15) is 0 Å². The molecule has 1 aromatic carbocycles. The lowest BCUT2D eigenvalue weighted by Gasteiger charge is -2.22. The summed E-state index contributed by atoms with van der Waals surface area (Å²) in [6.07, 6.45) is 0. The van der Waals surface area contributed by atoms with Crippen LogP contribution in [0.15, 0.2) is 33.6 Å². The minimum Gasteiger partial charge on any atom is -0.383 e. The monoisotopic (exact) mass is 369 g/mol. The summed E-state index contributed by atoms with van der Waals surface area (Å²) in [6.45, 7) is 3.21. The number of aromatic nitrogens is 1. The molecule has 0 saturated heterocycles. The van der Waals surface area contributed by atoms with Crippen LogP contribution in [0.5, 0.6) is 0 Å². The normalized spacial score (nSPS) is 10.8. The van der Waals surface area contributed by atoms with Crippen molar-refractivity contribution in [3.8, 4) is 0 Å². The largest absolute Gasteiger partial charge is 0.383 e. The van der Waals surface area contributed by atoms with E-state index in [1.807, 2.05) is 5.51 Å². The second-order valence-electron chi connectivity index (χ2n) is 4.78. The van der Waals surface area contributed by atoms with E-state index in [9.17, 15) is 0 Å². The second kappa shape index (κ2) is 8.48. The molecule has 0 saturated carbocycles. The van der Waals surface area contributed by atoms with Crippen molar-refractivity contribution < 1.29 is 4.74 Å². The molecule has 1 heterocycles. The van der Waals surface area contributed by atoms with Gasteiger partial charge in [0.2, 0.25) is 0 Å². The average molecular weight is 370 g/mol. The highest BCUT2D eigenvalue weighted by atomic mass is 79.9. The Labute approximate surface area is 138 Å². The van der Waals surface area contributed by atoms with E-state index in [0.29, 0.717) is 0 Å². The maximum absolute atomic E-state index is 5.06. The number of thiazole rings is 1. The first-order chi connectivity index (χ1) is 10.2. The van der Waals surface area contributed by atoms with Gasteiger partial charge >= 0.3 is 0 Å². The van der Waals surface area contributed by atoms with Gasteiger partial charge in [-0.05, 0) is 17.7 Å². The van der Waals surface area contributed by atoms with E-state index in [1.54, 1.807) is 18.4 Å². The van der Waals surface area contributed by atoms with E-state index in [0.717, 1.165) is 36.4 Å². The van der Waals surface area contributed by atoms with Gasteiger partial charge in [-0.15, -0.1) is 11.3 Å². The van der Waals surface area contributed by atoms with E-state index < -0.39 is 0 Å². The van der Waals surface area contributed by atoms with E-state index in [4.69, 9.17) is 4.74 Å². The van der Waals surface area contributed by atoms with Crippen LogP contribution in [0, 0.1) is 0 Å². The van der Waals surface area contributed by atoms with Crippen molar-refractivity contribution in [2.75, 3.05) is 32.2 Å². The first-order valence-corrected chi connectivity index (χ1v) is 8.50. The maximum Gasteiger partial charge on any atom is 0.0795 e. The van der Waals surface area contributed by atoms with Crippen molar-refractivity contribution in [2.45, 2.75) is 13.1 Å². The summed E-state index contributed by atoms with van der Waals surface area (Å²) in [5, 5.41) is 5.48. The van der Waals surface area contributed by atoms with Gasteiger partial charge in [0.05, 0.1) is 24.4 Å². The van der Waals surface area contributed by atoms with Crippen LogP contribution in [-0.2, 0) is 17.8 Å². The van der Waals surface area contributed by atoms with Gasteiger partial charge in [0.1, 0.15) is 0 Å². The lowest BCUT2D eigenvalue weighted by Crippen LogP contribution is -2.22. The molecule has 0 aliphatic rings. The average Bonchev–Trinajstić information content (AvgIpc) is 2.97. The van der Waals surface area contributed by atoms with Crippen LogP contribution in [0.25, 0.3) is 0 Å². The molecule has 0 amide bonds. The van der Waals surface area contributed by atoms with Gasteiger partial charge in [-0.25, -0.2) is 4.98 Å². The fourth-order valence-corrected chi connectivity index (χ4v) is 2.98. The molecule has 4 nitrogen and oxygen atoms in total. The second-order valence-corrected chi connectivity index (χ2v) is 6.41. The number of halogens is 1. The van der Waals surface area contributed by atoms with Crippen LogP contribution in [0.2, 0.25) is 0 Å². The number of nitrogens with one attached hydrogen (secondary N) is 1. The third kappa shape index (κ3) is 5.07. The van der Waals surface area contributed by atoms with E-state index in [1.165, 1.54) is 11.3 Å². The van der Waals surface area contributed by atoms with Gasteiger partial charge in [0.15, 0.2) is 0 Å². The number of nitrogens with zero attached hydrogens (tertiary/aromatic N) is 2. The van der Waals surface area contributed by atoms with Crippen molar-refractivity contribution in [2.24, 2.45) is 0 Å². The van der Waals surface area contributed by atoms with Crippen molar-refractivity contribution in [1.82, 2.24) is 10.3 Å². The Morgan fingerprint density at radius 2 is 2.29 bits per heavy atom. The summed E-state index contributed by atoms with van der Waals surface area (Å²) in [5.74, 6) is 0. The summed E-state index contributed by atoms with van der Waals surface area (Å²) in [5.41, 5.74) is 5.45. The first kappa shape index (κ1) is 16.4. The van der Waals surface area contributed by atoms with Crippen molar-refractivity contribution in [3.63, 3.8) is 0 Å². The van der Waals surface area contributed by atoms with Crippen LogP contribution in [0.3, 0.4) is 0 Å². The summed E-state index contributed by atoms with van der Waals surface area (Å²) < 4.78 is 6.15. The lowest BCUT2D eigenvalue weighted by atomic mass is 10.1. The van der Waals surface area contributed by atoms with Crippen molar-refractivity contribution in [1.29, 1.82) is 0 Å². The van der Waals surface area contributed by atoms with Gasteiger partial charge in [0, 0.05) is 42.8 Å². The maximum atomic E-state index is 5.06. The highest BCUT2D eigenvalue weighted by Gasteiger charge is 2.09. The molecule has 1 aromatic heterocycles. The molecule has 0 fully saturated rings. The molecule has 0 aliphatic carbocycles. The zero-order valence-corrected chi connectivity index (χ0v) is 14.7. The number of benzene rings is 1. The fraction of sp³-hybridized carbons (Fsp3) is 0.400. The number of hydrogen-bond acceptors (Lipinski definition) is 5. The van der Waals surface area contributed by atoms with Crippen molar-refractivity contribution >= 4 is 33.0 Å². The van der Waals surface area contributed by atoms with E-state index in [2.05, 4.69) is 61.8 Å². The minimum atomic E-state index is 0.723. The Morgan fingerprint density at radius 3 is 3.00 bits per heavy atom. The summed E-state index contributed by atoms with van der Waals surface area (Å²) >= 11 is 5.19. The minimum absolute atomic E-state index is 0.723. The molecule has 0 atom stereocenters. The third-order valence-corrected chi connectivity index (χ3v) is 4.27. The molecule has 21 heavy (non-hydrogen) atoms. The highest BCUT2D eigenvalue weighted by molar-refractivity contribution is 9.10.